The van der Waals surface area contributed by atoms with E-state index >= 15 is 0 Å². The van der Waals surface area contributed by atoms with Crippen LogP contribution in [-0.4, -0.2) is 6.29 Å². The van der Waals surface area contributed by atoms with Gasteiger partial charge < -0.3 is 4.79 Å². The van der Waals surface area contributed by atoms with Gasteiger partial charge in [0.05, 0.1) is 0 Å². The number of aldehydes is 1. The molecule has 0 saturated heterocycles. The fourth-order valence-electron chi connectivity index (χ4n) is 2.33. The fraction of sp³-hybridized carbons (Fsp3) is 0.400. The Balaban J connectivity index is 2.06. The van der Waals surface area contributed by atoms with Gasteiger partial charge in [-0.3, -0.25) is 0 Å². The quantitative estimate of drug-likeness (QED) is 0.553. The first-order chi connectivity index (χ1) is 7.90. The lowest BCUT2D eigenvalue weighted by molar-refractivity contribution is -0.110. The van der Waals surface area contributed by atoms with Crippen LogP contribution >= 0.6 is 0 Å². The van der Waals surface area contributed by atoms with Crippen molar-refractivity contribution in [1.29, 1.82) is 0 Å². The van der Waals surface area contributed by atoms with Crippen LogP contribution in [0.2, 0.25) is 0 Å². The lowest BCUT2D eigenvalue weighted by Gasteiger charge is -2.18. The number of hydrogen-bond donors (Lipinski definition) is 0. The van der Waals surface area contributed by atoms with Gasteiger partial charge in [0.2, 0.25) is 0 Å². The lowest BCUT2D eigenvalue weighted by atomic mass is 9.86. The summed E-state index contributed by atoms with van der Waals surface area (Å²) in [7, 11) is 0. The van der Waals surface area contributed by atoms with Crippen molar-refractivity contribution in [2.75, 3.05) is 0 Å². The molecule has 1 aromatic rings. The maximum absolute atomic E-state index is 11.2. The summed E-state index contributed by atoms with van der Waals surface area (Å²) in [4.78, 5) is 11.2. The number of benzene rings is 1. The van der Waals surface area contributed by atoms with Gasteiger partial charge in [-0.05, 0) is 37.7 Å². The number of carbonyl (C=O) groups excluding carboxylic acids is 1. The van der Waals surface area contributed by atoms with Gasteiger partial charge in [-0.15, -0.1) is 0 Å². The minimum atomic E-state index is 0.0997. The van der Waals surface area contributed by atoms with Crippen molar-refractivity contribution in [3.05, 3.63) is 47.5 Å². The normalized spacial score (nSPS) is 17.6. The van der Waals surface area contributed by atoms with Crippen LogP contribution in [0, 0.1) is 5.92 Å². The van der Waals surface area contributed by atoms with Gasteiger partial charge >= 0.3 is 0 Å². The van der Waals surface area contributed by atoms with Gasteiger partial charge in [0.1, 0.15) is 6.29 Å². The molecule has 1 atom stereocenters. The predicted molar refractivity (Wildman–Crippen MR) is 66.3 cm³/mol. The average molecular weight is 214 g/mol. The highest BCUT2D eigenvalue weighted by atomic mass is 16.1. The molecule has 0 spiro atoms. The molecule has 1 aliphatic carbocycles. The van der Waals surface area contributed by atoms with E-state index in [0.717, 1.165) is 25.5 Å². The summed E-state index contributed by atoms with van der Waals surface area (Å²) in [6.07, 6.45) is 9.02. The summed E-state index contributed by atoms with van der Waals surface area (Å²) in [5, 5.41) is 0. The molecule has 1 aliphatic rings. The maximum atomic E-state index is 11.2. The minimum Gasteiger partial charge on any atom is -0.303 e. The molecule has 0 N–H and O–H groups in total. The maximum Gasteiger partial charge on any atom is 0.127 e. The summed E-state index contributed by atoms with van der Waals surface area (Å²) in [5.41, 5.74) is 2.61. The zero-order valence-electron chi connectivity index (χ0n) is 9.56. The number of carbonyl (C=O) groups is 1. The Morgan fingerprint density at radius 2 is 2.00 bits per heavy atom. The molecule has 0 radical (unpaired) electrons. The Hall–Kier alpha value is -1.37. The SMILES string of the molecule is O=C[C@@H](Cc1ccccc1)C1=CCCCC1. The Kier molecular flexibility index (Phi) is 3.92. The van der Waals surface area contributed by atoms with Crippen molar-refractivity contribution in [2.24, 2.45) is 5.92 Å². The zero-order valence-corrected chi connectivity index (χ0v) is 9.56. The second-order valence-corrected chi connectivity index (χ2v) is 4.46. The molecule has 84 valence electrons. The highest BCUT2D eigenvalue weighted by Crippen LogP contribution is 2.25. The van der Waals surface area contributed by atoms with Crippen LogP contribution in [0.15, 0.2) is 42.0 Å². The summed E-state index contributed by atoms with van der Waals surface area (Å²) in [6.45, 7) is 0. The second kappa shape index (κ2) is 5.64. The van der Waals surface area contributed by atoms with E-state index in [2.05, 4.69) is 18.2 Å². The van der Waals surface area contributed by atoms with Gasteiger partial charge in [0.15, 0.2) is 0 Å². The first-order valence-electron chi connectivity index (χ1n) is 6.08. The average Bonchev–Trinajstić information content (AvgIpc) is 2.38. The third-order valence-electron chi connectivity index (χ3n) is 3.27. The van der Waals surface area contributed by atoms with Crippen LogP contribution in [-0.2, 0) is 11.2 Å². The summed E-state index contributed by atoms with van der Waals surface area (Å²) in [5.74, 6) is 0.0997. The van der Waals surface area contributed by atoms with Crippen molar-refractivity contribution in [3.63, 3.8) is 0 Å². The topological polar surface area (TPSA) is 17.1 Å². The molecule has 0 amide bonds. The first kappa shape index (κ1) is 11.1. The second-order valence-electron chi connectivity index (χ2n) is 4.46. The molecule has 0 aliphatic heterocycles. The van der Waals surface area contributed by atoms with Gasteiger partial charge in [-0.25, -0.2) is 0 Å². The third-order valence-corrected chi connectivity index (χ3v) is 3.27. The van der Waals surface area contributed by atoms with Crippen LogP contribution in [0.4, 0.5) is 0 Å². The first-order valence-corrected chi connectivity index (χ1v) is 6.08. The van der Waals surface area contributed by atoms with Gasteiger partial charge in [0, 0.05) is 5.92 Å². The lowest BCUT2D eigenvalue weighted by Crippen LogP contribution is -2.11. The van der Waals surface area contributed by atoms with Crippen LogP contribution < -0.4 is 0 Å². The molecular weight excluding hydrogens is 196 g/mol. The highest BCUT2D eigenvalue weighted by molar-refractivity contribution is 5.59. The summed E-state index contributed by atoms with van der Waals surface area (Å²) in [6, 6.07) is 10.3. The molecule has 1 nitrogen and oxygen atoms in total. The van der Waals surface area contributed by atoms with Gasteiger partial charge in [-0.2, -0.15) is 0 Å². The molecule has 2 rings (SSSR count). The zero-order chi connectivity index (χ0) is 11.2. The Morgan fingerprint density at radius 1 is 1.19 bits per heavy atom. The molecule has 0 heterocycles. The summed E-state index contributed by atoms with van der Waals surface area (Å²) >= 11 is 0. The molecule has 16 heavy (non-hydrogen) atoms. The van der Waals surface area contributed by atoms with Crippen LogP contribution in [0.25, 0.3) is 0 Å². The van der Waals surface area contributed by atoms with E-state index in [4.69, 9.17) is 0 Å². The van der Waals surface area contributed by atoms with E-state index < -0.39 is 0 Å². The molecule has 0 saturated carbocycles. The molecule has 0 aromatic heterocycles. The number of hydrogen-bond acceptors (Lipinski definition) is 1. The third kappa shape index (κ3) is 2.82. The van der Waals surface area contributed by atoms with E-state index in [1.165, 1.54) is 24.0 Å². The molecule has 0 fully saturated rings. The minimum absolute atomic E-state index is 0.0997. The molecule has 0 bridgehead atoms. The molecule has 1 aromatic carbocycles. The van der Waals surface area contributed by atoms with Crippen LogP contribution in [0.1, 0.15) is 31.2 Å². The Morgan fingerprint density at radius 3 is 2.62 bits per heavy atom. The van der Waals surface area contributed by atoms with E-state index in [9.17, 15) is 4.79 Å². The molecular formula is C15H18O. The highest BCUT2D eigenvalue weighted by Gasteiger charge is 2.15. The smallest absolute Gasteiger partial charge is 0.127 e. The van der Waals surface area contributed by atoms with Gasteiger partial charge in [-0.1, -0.05) is 42.0 Å². The van der Waals surface area contributed by atoms with Crippen molar-refractivity contribution in [3.8, 4) is 0 Å². The number of allylic oxidation sites excluding steroid dienone is 2. The van der Waals surface area contributed by atoms with Crippen LogP contribution in [0.5, 0.6) is 0 Å². The molecule has 1 heteroatoms. The standard InChI is InChI=1S/C15H18O/c16-12-15(14-9-5-2-6-10-14)11-13-7-3-1-4-8-13/h1,3-4,7-9,12,15H,2,5-6,10-11H2/t15-/m1/s1. The Bertz CT molecular complexity index is 364. The van der Waals surface area contributed by atoms with Crippen LogP contribution in [0.3, 0.4) is 0 Å². The van der Waals surface area contributed by atoms with Crippen molar-refractivity contribution in [1.82, 2.24) is 0 Å². The van der Waals surface area contributed by atoms with Crippen molar-refractivity contribution in [2.45, 2.75) is 32.1 Å². The monoisotopic (exact) mass is 214 g/mol. The predicted octanol–water partition coefficient (Wildman–Crippen LogP) is 3.54. The van der Waals surface area contributed by atoms with Crippen molar-refractivity contribution >= 4 is 6.29 Å². The fourth-order valence-corrected chi connectivity index (χ4v) is 2.33. The van der Waals surface area contributed by atoms with E-state index in [0.29, 0.717) is 0 Å². The van der Waals surface area contributed by atoms with E-state index in [-0.39, 0.29) is 5.92 Å². The van der Waals surface area contributed by atoms with E-state index in [1.54, 1.807) is 0 Å². The Labute approximate surface area is 97.2 Å². The largest absolute Gasteiger partial charge is 0.303 e. The van der Waals surface area contributed by atoms with E-state index in [1.807, 2.05) is 18.2 Å². The van der Waals surface area contributed by atoms with Crippen molar-refractivity contribution < 1.29 is 4.79 Å². The summed E-state index contributed by atoms with van der Waals surface area (Å²) < 4.78 is 0. The van der Waals surface area contributed by atoms with Gasteiger partial charge in [0.25, 0.3) is 0 Å². The number of rotatable bonds is 4. The molecule has 0 unspecified atom stereocenters.